The number of thiophene rings is 1. The van der Waals surface area contributed by atoms with Crippen molar-refractivity contribution >= 4 is 33.6 Å². The summed E-state index contributed by atoms with van der Waals surface area (Å²) < 4.78 is 19.7. The fourth-order valence-electron chi connectivity index (χ4n) is 6.01. The molecule has 1 aliphatic heterocycles. The summed E-state index contributed by atoms with van der Waals surface area (Å²) in [6.45, 7) is 2.85. The maximum Gasteiger partial charge on any atom is 0.512 e. The van der Waals surface area contributed by atoms with Gasteiger partial charge in [-0.1, -0.05) is 60.9 Å². The summed E-state index contributed by atoms with van der Waals surface area (Å²) in [7, 11) is 0. The maximum absolute atomic E-state index is 13.5. The van der Waals surface area contributed by atoms with Gasteiger partial charge in [0.25, 0.3) is 0 Å². The molecule has 2 aromatic heterocycles. The molecule has 0 bridgehead atoms. The van der Waals surface area contributed by atoms with Crippen molar-refractivity contribution in [2.75, 3.05) is 26.3 Å². The van der Waals surface area contributed by atoms with Crippen LogP contribution >= 0.6 is 11.3 Å². The Balaban J connectivity index is 1.41. The number of carboxylic acid groups (broad SMARTS) is 1. The van der Waals surface area contributed by atoms with Crippen LogP contribution < -0.4 is 9.47 Å². The quantitative estimate of drug-likeness (QED) is 0.230. The van der Waals surface area contributed by atoms with E-state index in [0.29, 0.717) is 43.9 Å². The van der Waals surface area contributed by atoms with E-state index < -0.39 is 6.16 Å². The summed E-state index contributed by atoms with van der Waals surface area (Å²) in [5, 5.41) is 9.62. The Hall–Kier alpha value is -3.82. The minimum atomic E-state index is -1.34. The zero-order chi connectivity index (χ0) is 28.2. The fourth-order valence-corrected chi connectivity index (χ4v) is 7.14. The van der Waals surface area contributed by atoms with Crippen LogP contribution in [-0.4, -0.2) is 52.9 Å². The Kier molecular flexibility index (Phi) is 8.25. The standard InChI is InChI=1S/C32H34N2O6S/c35-27(33-15-17-38-18-16-33)20-34-26-19-28(40-32(36)37)41-31(26)29(23-9-5-2-6-10-23)30(34)24-11-13-25(14-12-24)39-21-22-7-3-1-4-8-22/h1,3-4,7-8,11-14,19,23H,2,5-6,9-10,15-18,20-21H2,(H,36,37). The lowest BCUT2D eigenvalue weighted by Crippen LogP contribution is -2.42. The van der Waals surface area contributed by atoms with Crippen LogP contribution in [-0.2, 0) is 22.7 Å². The summed E-state index contributed by atoms with van der Waals surface area (Å²) in [4.78, 5) is 26.8. The number of fused-ring (bicyclic) bond motifs is 1. The Labute approximate surface area is 243 Å². The van der Waals surface area contributed by atoms with Gasteiger partial charge in [-0.25, -0.2) is 4.79 Å². The second-order valence-electron chi connectivity index (χ2n) is 10.6. The van der Waals surface area contributed by atoms with Crippen LogP contribution in [0.15, 0.2) is 60.7 Å². The van der Waals surface area contributed by atoms with Crippen LogP contribution in [0.25, 0.3) is 21.5 Å². The molecule has 1 amide bonds. The molecule has 0 unspecified atom stereocenters. The predicted octanol–water partition coefficient (Wildman–Crippen LogP) is 6.91. The lowest BCUT2D eigenvalue weighted by Gasteiger charge is -2.28. The third-order valence-corrected chi connectivity index (χ3v) is 9.02. The van der Waals surface area contributed by atoms with E-state index in [0.717, 1.165) is 58.5 Å². The van der Waals surface area contributed by atoms with Gasteiger partial charge >= 0.3 is 6.16 Å². The fraction of sp³-hybridized carbons (Fsp3) is 0.375. The van der Waals surface area contributed by atoms with Crippen molar-refractivity contribution in [3.63, 3.8) is 0 Å². The van der Waals surface area contributed by atoms with Crippen molar-refractivity contribution in [3.8, 4) is 22.1 Å². The number of carbonyl (C=O) groups excluding carboxylic acids is 1. The van der Waals surface area contributed by atoms with Crippen LogP contribution in [0.1, 0.15) is 49.1 Å². The third-order valence-electron chi connectivity index (χ3n) is 7.98. The van der Waals surface area contributed by atoms with Crippen molar-refractivity contribution in [2.45, 2.75) is 51.2 Å². The highest BCUT2D eigenvalue weighted by Gasteiger charge is 2.30. The van der Waals surface area contributed by atoms with E-state index in [-0.39, 0.29) is 12.5 Å². The van der Waals surface area contributed by atoms with Crippen LogP contribution in [0.3, 0.4) is 0 Å². The molecule has 41 heavy (non-hydrogen) atoms. The highest BCUT2D eigenvalue weighted by molar-refractivity contribution is 7.21. The molecule has 1 saturated carbocycles. The average Bonchev–Trinajstić information content (AvgIpc) is 3.53. The molecule has 0 radical (unpaired) electrons. The first-order valence-electron chi connectivity index (χ1n) is 14.3. The van der Waals surface area contributed by atoms with Crippen LogP contribution in [0.4, 0.5) is 4.79 Å². The Bertz CT molecular complexity index is 1500. The number of ether oxygens (including phenoxy) is 3. The van der Waals surface area contributed by atoms with Gasteiger partial charge < -0.3 is 28.8 Å². The molecule has 9 heteroatoms. The Morgan fingerprint density at radius 2 is 1.71 bits per heavy atom. The van der Waals surface area contributed by atoms with Crippen LogP contribution in [0, 0.1) is 0 Å². The first kappa shape index (κ1) is 27.4. The Morgan fingerprint density at radius 1 is 0.976 bits per heavy atom. The van der Waals surface area contributed by atoms with Gasteiger partial charge in [0, 0.05) is 19.2 Å². The van der Waals surface area contributed by atoms with E-state index >= 15 is 0 Å². The van der Waals surface area contributed by atoms with Gasteiger partial charge in [-0.15, -0.1) is 0 Å². The molecule has 3 heterocycles. The molecular weight excluding hydrogens is 540 g/mol. The van der Waals surface area contributed by atoms with Gasteiger partial charge in [-0.05, 0) is 59.7 Å². The van der Waals surface area contributed by atoms with E-state index in [1.54, 1.807) is 6.07 Å². The number of aromatic nitrogens is 1. The lowest BCUT2D eigenvalue weighted by atomic mass is 9.83. The highest BCUT2D eigenvalue weighted by atomic mass is 32.1. The van der Waals surface area contributed by atoms with Crippen molar-refractivity contribution in [1.29, 1.82) is 0 Å². The van der Waals surface area contributed by atoms with E-state index in [1.165, 1.54) is 23.3 Å². The van der Waals surface area contributed by atoms with Crippen molar-refractivity contribution < 1.29 is 28.9 Å². The van der Waals surface area contributed by atoms with E-state index in [2.05, 4.69) is 16.7 Å². The molecule has 4 aromatic rings. The van der Waals surface area contributed by atoms with Gasteiger partial charge in [0.1, 0.15) is 18.9 Å². The monoisotopic (exact) mass is 574 g/mol. The molecule has 1 N–H and O–H groups in total. The summed E-state index contributed by atoms with van der Waals surface area (Å²) in [5.41, 5.74) is 5.17. The van der Waals surface area contributed by atoms with Crippen molar-refractivity contribution in [3.05, 3.63) is 71.8 Å². The summed E-state index contributed by atoms with van der Waals surface area (Å²) in [6, 6.07) is 19.9. The number of benzene rings is 2. The van der Waals surface area contributed by atoms with Crippen LogP contribution in [0.5, 0.6) is 10.8 Å². The molecule has 2 fully saturated rings. The second-order valence-corrected chi connectivity index (χ2v) is 11.6. The molecule has 2 aliphatic rings. The average molecular weight is 575 g/mol. The zero-order valence-corrected chi connectivity index (χ0v) is 23.7. The lowest BCUT2D eigenvalue weighted by molar-refractivity contribution is -0.135. The predicted molar refractivity (Wildman–Crippen MR) is 158 cm³/mol. The normalized spacial score (nSPS) is 16.1. The van der Waals surface area contributed by atoms with Gasteiger partial charge in [0.05, 0.1) is 29.1 Å². The molecule has 2 aromatic carbocycles. The van der Waals surface area contributed by atoms with Crippen molar-refractivity contribution in [2.24, 2.45) is 0 Å². The van der Waals surface area contributed by atoms with E-state index in [1.807, 2.05) is 47.4 Å². The number of hydrogen-bond acceptors (Lipinski definition) is 6. The molecular formula is C32H34N2O6S. The number of morpholine rings is 1. The summed E-state index contributed by atoms with van der Waals surface area (Å²) >= 11 is 1.35. The van der Waals surface area contributed by atoms with Crippen LogP contribution in [0.2, 0.25) is 0 Å². The molecule has 8 nitrogen and oxygen atoms in total. The van der Waals surface area contributed by atoms with E-state index in [4.69, 9.17) is 14.2 Å². The van der Waals surface area contributed by atoms with Gasteiger partial charge in [0.15, 0.2) is 5.06 Å². The smallest absolute Gasteiger partial charge is 0.489 e. The van der Waals surface area contributed by atoms with Crippen molar-refractivity contribution in [1.82, 2.24) is 9.47 Å². The van der Waals surface area contributed by atoms with Gasteiger partial charge in [0.2, 0.25) is 5.91 Å². The maximum atomic E-state index is 13.5. The first-order valence-corrected chi connectivity index (χ1v) is 15.1. The molecule has 6 rings (SSSR count). The largest absolute Gasteiger partial charge is 0.512 e. The third kappa shape index (κ3) is 6.11. The summed E-state index contributed by atoms with van der Waals surface area (Å²) in [5.74, 6) is 1.13. The number of amides is 1. The first-order chi connectivity index (χ1) is 20.1. The number of nitrogens with zero attached hydrogens (tertiary/aromatic N) is 2. The number of carbonyl (C=O) groups is 2. The number of rotatable bonds is 8. The molecule has 1 saturated heterocycles. The highest BCUT2D eigenvalue weighted by Crippen LogP contribution is 2.48. The molecule has 0 spiro atoms. The van der Waals surface area contributed by atoms with Gasteiger partial charge in [-0.3, -0.25) is 4.79 Å². The SMILES string of the molecule is O=C(O)Oc1cc2c(s1)c(C1CCCCC1)c(-c1ccc(OCc3ccccc3)cc1)n2CC(=O)N1CCOCC1. The summed E-state index contributed by atoms with van der Waals surface area (Å²) in [6.07, 6.45) is 4.31. The number of hydrogen-bond donors (Lipinski definition) is 1. The van der Waals surface area contributed by atoms with Gasteiger partial charge in [-0.2, -0.15) is 0 Å². The minimum absolute atomic E-state index is 0.0244. The molecule has 1 aliphatic carbocycles. The topological polar surface area (TPSA) is 90.2 Å². The molecule has 214 valence electrons. The molecule has 0 atom stereocenters. The minimum Gasteiger partial charge on any atom is -0.489 e. The second kappa shape index (κ2) is 12.4. The Morgan fingerprint density at radius 3 is 2.41 bits per heavy atom. The van der Waals surface area contributed by atoms with E-state index in [9.17, 15) is 14.7 Å². The zero-order valence-electron chi connectivity index (χ0n) is 22.9.